The van der Waals surface area contributed by atoms with Gasteiger partial charge in [-0.15, -0.1) is 0 Å². The summed E-state index contributed by atoms with van der Waals surface area (Å²) in [5, 5.41) is 15.6. The summed E-state index contributed by atoms with van der Waals surface area (Å²) in [6.45, 7) is -0.570. The van der Waals surface area contributed by atoms with Gasteiger partial charge in [-0.25, -0.2) is 4.79 Å². The molecule has 0 aliphatic heterocycles. The summed E-state index contributed by atoms with van der Waals surface area (Å²) >= 11 is 5.72. The third kappa shape index (κ3) is 5.48. The first kappa shape index (κ1) is 20.7. The van der Waals surface area contributed by atoms with Crippen LogP contribution in [0.4, 0.5) is 5.69 Å². The van der Waals surface area contributed by atoms with Gasteiger partial charge in [0.15, 0.2) is 6.61 Å². The molecule has 3 N–H and O–H groups in total. The van der Waals surface area contributed by atoms with Gasteiger partial charge in [-0.05, 0) is 43.2 Å². The summed E-state index contributed by atoms with van der Waals surface area (Å²) in [5.74, 6) is -2.05. The highest BCUT2D eigenvalue weighted by Crippen LogP contribution is 2.23. The third-order valence-electron chi connectivity index (χ3n) is 4.65. The number of phenols is 1. The lowest BCUT2D eigenvalue weighted by Crippen LogP contribution is -2.33. The normalized spacial score (nSPS) is 13.7. The van der Waals surface area contributed by atoms with Crippen molar-refractivity contribution in [2.45, 2.75) is 31.7 Å². The van der Waals surface area contributed by atoms with E-state index in [0.29, 0.717) is 11.3 Å². The van der Waals surface area contributed by atoms with Crippen molar-refractivity contribution in [3.05, 3.63) is 58.6 Å². The van der Waals surface area contributed by atoms with Crippen LogP contribution in [0.2, 0.25) is 5.02 Å². The van der Waals surface area contributed by atoms with Crippen LogP contribution in [-0.4, -0.2) is 35.5 Å². The molecule has 1 aliphatic carbocycles. The quantitative estimate of drug-likeness (QED) is 0.625. The Morgan fingerprint density at radius 1 is 1.07 bits per heavy atom. The van der Waals surface area contributed by atoms with E-state index in [-0.39, 0.29) is 28.3 Å². The highest BCUT2D eigenvalue weighted by Gasteiger charge is 2.20. The zero-order valence-electron chi connectivity index (χ0n) is 15.6. The third-order valence-corrected chi connectivity index (χ3v) is 4.89. The number of rotatable bonds is 6. The molecule has 1 saturated carbocycles. The first-order valence-corrected chi connectivity index (χ1v) is 9.67. The molecule has 2 aromatic carbocycles. The lowest BCUT2D eigenvalue weighted by Gasteiger charge is -2.15. The molecule has 1 aliphatic rings. The molecule has 0 spiro atoms. The van der Waals surface area contributed by atoms with Crippen molar-refractivity contribution in [2.75, 3.05) is 11.9 Å². The maximum atomic E-state index is 12.5. The number of hydrogen-bond donors (Lipinski definition) is 3. The smallest absolute Gasteiger partial charge is 0.342 e. The lowest BCUT2D eigenvalue weighted by atomic mass is 10.1. The monoisotopic (exact) mass is 416 g/mol. The van der Waals surface area contributed by atoms with Gasteiger partial charge < -0.3 is 20.5 Å². The highest BCUT2D eigenvalue weighted by molar-refractivity contribution is 6.30. The van der Waals surface area contributed by atoms with Gasteiger partial charge in [0.1, 0.15) is 11.3 Å². The molecule has 8 heteroatoms. The molecule has 0 aromatic heterocycles. The number of aromatic hydroxyl groups is 1. The van der Waals surface area contributed by atoms with Crippen molar-refractivity contribution in [1.29, 1.82) is 0 Å². The Morgan fingerprint density at radius 2 is 1.79 bits per heavy atom. The number of benzene rings is 2. The zero-order valence-corrected chi connectivity index (χ0v) is 16.4. The number of amides is 2. The standard InChI is InChI=1S/C21H21ClN2O5/c22-13-9-10-16(18(25)11-13)21(28)29-12-19(26)24-17-8-4-3-7-15(17)20(27)23-14-5-1-2-6-14/h3-4,7-11,14,25H,1-2,5-6,12H2,(H,23,27)(H,24,26). The average molecular weight is 417 g/mol. The van der Waals surface area contributed by atoms with Gasteiger partial charge in [-0.1, -0.05) is 36.6 Å². The molecule has 2 aromatic rings. The topological polar surface area (TPSA) is 105 Å². The molecule has 0 saturated heterocycles. The first-order valence-electron chi connectivity index (χ1n) is 9.29. The van der Waals surface area contributed by atoms with Crippen molar-refractivity contribution < 1.29 is 24.2 Å². The minimum absolute atomic E-state index is 0.0986. The Balaban J connectivity index is 1.59. The number of phenolic OH excluding ortho intramolecular Hbond substituents is 1. The number of para-hydroxylation sites is 1. The van der Waals surface area contributed by atoms with Crippen LogP contribution in [0.1, 0.15) is 46.4 Å². The second-order valence-corrected chi connectivity index (χ2v) is 7.22. The van der Waals surface area contributed by atoms with E-state index in [1.54, 1.807) is 24.3 Å². The van der Waals surface area contributed by atoms with E-state index in [1.807, 2.05) is 0 Å². The number of carbonyl (C=O) groups excluding carboxylic acids is 3. The summed E-state index contributed by atoms with van der Waals surface area (Å²) in [6.07, 6.45) is 4.09. The van der Waals surface area contributed by atoms with Crippen LogP contribution in [0.25, 0.3) is 0 Å². The van der Waals surface area contributed by atoms with E-state index in [0.717, 1.165) is 25.7 Å². The number of carbonyl (C=O) groups is 3. The van der Waals surface area contributed by atoms with Crippen molar-refractivity contribution in [3.8, 4) is 5.75 Å². The number of esters is 1. The van der Waals surface area contributed by atoms with E-state index in [4.69, 9.17) is 16.3 Å². The molecule has 152 valence electrons. The minimum Gasteiger partial charge on any atom is -0.507 e. The van der Waals surface area contributed by atoms with Crippen LogP contribution in [0.5, 0.6) is 5.75 Å². The zero-order chi connectivity index (χ0) is 20.8. The maximum absolute atomic E-state index is 12.5. The molecule has 3 rings (SSSR count). The molecule has 1 fully saturated rings. The summed E-state index contributed by atoms with van der Waals surface area (Å²) in [7, 11) is 0. The van der Waals surface area contributed by atoms with Gasteiger partial charge in [0.25, 0.3) is 11.8 Å². The van der Waals surface area contributed by atoms with Crippen molar-refractivity contribution in [2.24, 2.45) is 0 Å². The molecule has 0 radical (unpaired) electrons. The highest BCUT2D eigenvalue weighted by atomic mass is 35.5. The number of anilines is 1. The summed E-state index contributed by atoms with van der Waals surface area (Å²) in [5.41, 5.74) is 0.575. The molecule has 29 heavy (non-hydrogen) atoms. The van der Waals surface area contributed by atoms with Crippen molar-refractivity contribution >= 4 is 35.1 Å². The SMILES string of the molecule is O=C(COC(=O)c1ccc(Cl)cc1O)Nc1ccccc1C(=O)NC1CCCC1. The van der Waals surface area contributed by atoms with Crippen molar-refractivity contribution in [1.82, 2.24) is 5.32 Å². The first-order chi connectivity index (χ1) is 13.9. The molecule has 0 unspecified atom stereocenters. The van der Waals surface area contributed by atoms with Crippen LogP contribution in [0.15, 0.2) is 42.5 Å². The van der Waals surface area contributed by atoms with E-state index < -0.39 is 18.5 Å². The lowest BCUT2D eigenvalue weighted by molar-refractivity contribution is -0.119. The fraction of sp³-hybridized carbons (Fsp3) is 0.286. The predicted molar refractivity (Wildman–Crippen MR) is 108 cm³/mol. The van der Waals surface area contributed by atoms with E-state index in [2.05, 4.69) is 10.6 Å². The Bertz CT molecular complexity index is 925. The van der Waals surface area contributed by atoms with Crippen molar-refractivity contribution in [3.63, 3.8) is 0 Å². The fourth-order valence-electron chi connectivity index (χ4n) is 3.20. The molecular weight excluding hydrogens is 396 g/mol. The number of halogens is 1. The minimum atomic E-state index is -0.860. The van der Waals surface area contributed by atoms with E-state index in [1.165, 1.54) is 18.2 Å². The van der Waals surface area contributed by atoms with Crippen LogP contribution >= 0.6 is 11.6 Å². The summed E-state index contributed by atoms with van der Waals surface area (Å²) < 4.78 is 4.94. The fourth-order valence-corrected chi connectivity index (χ4v) is 3.36. The molecular formula is C21H21ClN2O5. The summed E-state index contributed by atoms with van der Waals surface area (Å²) in [4.78, 5) is 36.8. The van der Waals surface area contributed by atoms with E-state index in [9.17, 15) is 19.5 Å². The predicted octanol–water partition coefficient (Wildman–Crippen LogP) is 3.51. The Hall–Kier alpha value is -3.06. The van der Waals surface area contributed by atoms with Gasteiger partial charge >= 0.3 is 5.97 Å². The van der Waals surface area contributed by atoms with Gasteiger partial charge in [-0.2, -0.15) is 0 Å². The van der Waals surface area contributed by atoms with Gasteiger partial charge in [0.2, 0.25) is 0 Å². The van der Waals surface area contributed by atoms with Crippen LogP contribution in [0, 0.1) is 0 Å². The van der Waals surface area contributed by atoms with Crippen LogP contribution in [-0.2, 0) is 9.53 Å². The van der Waals surface area contributed by atoms with Crippen LogP contribution < -0.4 is 10.6 Å². The number of nitrogens with one attached hydrogen (secondary N) is 2. The Labute approximate surface area is 173 Å². The Morgan fingerprint density at radius 3 is 2.52 bits per heavy atom. The second kappa shape index (κ2) is 9.43. The van der Waals surface area contributed by atoms with Crippen LogP contribution in [0.3, 0.4) is 0 Å². The Kier molecular flexibility index (Phi) is 6.72. The molecule has 0 heterocycles. The largest absolute Gasteiger partial charge is 0.507 e. The summed E-state index contributed by atoms with van der Waals surface area (Å²) in [6, 6.07) is 10.7. The van der Waals surface area contributed by atoms with Gasteiger partial charge in [0, 0.05) is 11.1 Å². The number of hydrogen-bond acceptors (Lipinski definition) is 5. The van der Waals surface area contributed by atoms with Gasteiger partial charge in [0.05, 0.1) is 11.3 Å². The molecule has 0 atom stereocenters. The molecule has 7 nitrogen and oxygen atoms in total. The molecule has 0 bridgehead atoms. The maximum Gasteiger partial charge on any atom is 0.342 e. The second-order valence-electron chi connectivity index (χ2n) is 6.79. The average Bonchev–Trinajstić information content (AvgIpc) is 3.19. The van der Waals surface area contributed by atoms with E-state index >= 15 is 0 Å². The molecule has 2 amide bonds. The van der Waals surface area contributed by atoms with Gasteiger partial charge in [-0.3, -0.25) is 9.59 Å². The number of ether oxygens (including phenoxy) is 1.